The van der Waals surface area contributed by atoms with E-state index in [0.717, 1.165) is 19.4 Å². The second-order valence-corrected chi connectivity index (χ2v) is 9.09. The average molecular weight is 350 g/mol. The highest BCUT2D eigenvalue weighted by Crippen LogP contribution is 2.39. The van der Waals surface area contributed by atoms with Gasteiger partial charge in [-0.15, -0.1) is 0 Å². The highest BCUT2D eigenvalue weighted by molar-refractivity contribution is 5.82. The van der Waals surface area contributed by atoms with E-state index in [-0.39, 0.29) is 18.6 Å². The van der Waals surface area contributed by atoms with Gasteiger partial charge in [-0.2, -0.15) is 0 Å². The van der Waals surface area contributed by atoms with Crippen LogP contribution in [-0.2, 0) is 4.79 Å². The average Bonchev–Trinajstić information content (AvgIpc) is 3.37. The molecule has 25 heavy (non-hydrogen) atoms. The minimum absolute atomic E-state index is 0.0673. The fourth-order valence-corrected chi connectivity index (χ4v) is 5.69. The molecule has 2 aliphatic carbocycles. The molecule has 0 aromatic rings. The van der Waals surface area contributed by atoms with Crippen molar-refractivity contribution in [1.82, 2.24) is 16.0 Å². The molecule has 4 N–H and O–H groups in total. The Hall–Kier alpha value is -0.650. The molecule has 2 saturated carbocycles. The van der Waals surface area contributed by atoms with Crippen LogP contribution in [0.25, 0.3) is 0 Å². The van der Waals surface area contributed by atoms with E-state index >= 15 is 0 Å². The summed E-state index contributed by atoms with van der Waals surface area (Å²) in [7, 11) is 0. The molecule has 2 heterocycles. The Morgan fingerprint density at radius 2 is 2.04 bits per heavy atom. The summed E-state index contributed by atoms with van der Waals surface area (Å²) in [5, 5.41) is 20.3. The molecule has 4 rings (SSSR count). The van der Waals surface area contributed by atoms with E-state index in [0.29, 0.717) is 41.8 Å². The van der Waals surface area contributed by atoms with Gasteiger partial charge in [0.15, 0.2) is 0 Å². The van der Waals surface area contributed by atoms with Crippen LogP contribution >= 0.6 is 0 Å². The van der Waals surface area contributed by atoms with Crippen LogP contribution in [0.4, 0.5) is 0 Å². The number of carbonyl (C=O) groups is 1. The fraction of sp³-hybridized carbons (Fsp3) is 0.950. The van der Waals surface area contributed by atoms with Crippen LogP contribution in [0.3, 0.4) is 0 Å². The number of hydrogen-bond acceptors (Lipinski definition) is 4. The minimum atomic E-state index is -0.0673. The third-order valence-corrected chi connectivity index (χ3v) is 7.30. The number of nitrogens with one attached hydrogen (secondary N) is 3. The van der Waals surface area contributed by atoms with Gasteiger partial charge in [-0.05, 0) is 75.2 Å². The summed E-state index contributed by atoms with van der Waals surface area (Å²) in [5.41, 5.74) is 0. The topological polar surface area (TPSA) is 73.4 Å². The Morgan fingerprint density at radius 3 is 2.76 bits per heavy atom. The smallest absolute Gasteiger partial charge is 0.237 e. The van der Waals surface area contributed by atoms with Gasteiger partial charge >= 0.3 is 0 Å². The van der Waals surface area contributed by atoms with E-state index in [2.05, 4.69) is 22.9 Å². The molecule has 0 aromatic heterocycles. The Morgan fingerprint density at radius 1 is 1.20 bits per heavy atom. The second-order valence-electron chi connectivity index (χ2n) is 9.09. The monoisotopic (exact) mass is 349 g/mol. The Kier molecular flexibility index (Phi) is 5.35. The van der Waals surface area contributed by atoms with Crippen LogP contribution in [0.1, 0.15) is 58.3 Å². The van der Waals surface area contributed by atoms with Crippen LogP contribution in [0.5, 0.6) is 0 Å². The maximum atomic E-state index is 13.0. The SMILES string of the molecule is CC1CCCNC1C(NC(=O)C1CC2CCCC(CO)C2N1)C1CC1. The Bertz CT molecular complexity index is 482. The van der Waals surface area contributed by atoms with Gasteiger partial charge in [-0.25, -0.2) is 0 Å². The molecular formula is C20H35N3O2. The zero-order valence-corrected chi connectivity index (χ0v) is 15.5. The summed E-state index contributed by atoms with van der Waals surface area (Å²) in [5.74, 6) is 2.39. The number of carbonyl (C=O) groups excluding carboxylic acids is 1. The van der Waals surface area contributed by atoms with Crippen molar-refractivity contribution in [2.24, 2.45) is 23.7 Å². The molecule has 7 unspecified atom stereocenters. The molecule has 4 fully saturated rings. The van der Waals surface area contributed by atoms with Gasteiger partial charge in [0, 0.05) is 24.7 Å². The molecular weight excluding hydrogens is 314 g/mol. The van der Waals surface area contributed by atoms with Crippen LogP contribution in [0.2, 0.25) is 0 Å². The van der Waals surface area contributed by atoms with Gasteiger partial charge in [0.05, 0.1) is 6.04 Å². The Labute approximate surface area is 151 Å². The van der Waals surface area contributed by atoms with E-state index < -0.39 is 0 Å². The first kappa shape index (κ1) is 17.7. The molecule has 2 aliphatic heterocycles. The summed E-state index contributed by atoms with van der Waals surface area (Å²) < 4.78 is 0. The molecule has 0 radical (unpaired) electrons. The fourth-order valence-electron chi connectivity index (χ4n) is 5.69. The minimum Gasteiger partial charge on any atom is -0.396 e. The number of aliphatic hydroxyl groups excluding tert-OH is 1. The molecule has 0 spiro atoms. The van der Waals surface area contributed by atoms with Gasteiger partial charge in [0.1, 0.15) is 0 Å². The van der Waals surface area contributed by atoms with Gasteiger partial charge in [-0.1, -0.05) is 13.3 Å². The lowest BCUT2D eigenvalue weighted by Gasteiger charge is -2.37. The van der Waals surface area contributed by atoms with Crippen LogP contribution < -0.4 is 16.0 Å². The second kappa shape index (κ2) is 7.53. The summed E-state index contributed by atoms with van der Waals surface area (Å²) >= 11 is 0. The largest absolute Gasteiger partial charge is 0.396 e. The first-order chi connectivity index (χ1) is 12.2. The molecule has 0 aromatic carbocycles. The molecule has 5 nitrogen and oxygen atoms in total. The first-order valence-electron chi connectivity index (χ1n) is 10.6. The number of amides is 1. The molecule has 0 bridgehead atoms. The summed E-state index contributed by atoms with van der Waals surface area (Å²) in [6.45, 7) is 3.65. The number of piperidine rings is 1. The van der Waals surface area contributed by atoms with Crippen molar-refractivity contribution in [3.05, 3.63) is 0 Å². The molecule has 4 aliphatic rings. The third-order valence-electron chi connectivity index (χ3n) is 7.30. The van der Waals surface area contributed by atoms with Crippen molar-refractivity contribution in [3.8, 4) is 0 Å². The summed E-state index contributed by atoms with van der Waals surface area (Å²) in [6.07, 6.45) is 9.45. The third kappa shape index (κ3) is 3.74. The van der Waals surface area contributed by atoms with E-state index in [9.17, 15) is 9.90 Å². The maximum Gasteiger partial charge on any atom is 0.237 e. The quantitative estimate of drug-likeness (QED) is 0.605. The van der Waals surface area contributed by atoms with Crippen LogP contribution in [0, 0.1) is 23.7 Å². The van der Waals surface area contributed by atoms with Crippen molar-refractivity contribution < 1.29 is 9.90 Å². The first-order valence-corrected chi connectivity index (χ1v) is 10.6. The van der Waals surface area contributed by atoms with E-state index in [1.165, 1.54) is 38.5 Å². The Balaban J connectivity index is 1.38. The predicted octanol–water partition coefficient (Wildman–Crippen LogP) is 1.41. The predicted molar refractivity (Wildman–Crippen MR) is 98.1 cm³/mol. The van der Waals surface area contributed by atoms with Crippen molar-refractivity contribution in [2.45, 2.75) is 82.5 Å². The number of rotatable bonds is 5. The van der Waals surface area contributed by atoms with Gasteiger partial charge in [0.2, 0.25) is 5.91 Å². The number of fused-ring (bicyclic) bond motifs is 1. The van der Waals surface area contributed by atoms with Crippen molar-refractivity contribution in [1.29, 1.82) is 0 Å². The molecule has 2 saturated heterocycles. The van der Waals surface area contributed by atoms with Gasteiger partial charge < -0.3 is 21.1 Å². The molecule has 5 heteroatoms. The lowest BCUT2D eigenvalue weighted by atomic mass is 9.78. The van der Waals surface area contributed by atoms with E-state index in [1.807, 2.05) is 0 Å². The van der Waals surface area contributed by atoms with E-state index in [4.69, 9.17) is 0 Å². The maximum absolute atomic E-state index is 13.0. The molecule has 7 atom stereocenters. The standard InChI is InChI=1S/C20H35N3O2/c1-12-4-3-9-21-17(12)19(13-7-8-13)23-20(25)16-10-14-5-2-6-15(11-24)18(14)22-16/h12-19,21-22,24H,2-11H2,1H3,(H,23,25). The van der Waals surface area contributed by atoms with Crippen molar-refractivity contribution in [2.75, 3.05) is 13.2 Å². The molecule has 142 valence electrons. The lowest BCUT2D eigenvalue weighted by molar-refractivity contribution is -0.124. The zero-order chi connectivity index (χ0) is 17.4. The van der Waals surface area contributed by atoms with Crippen LogP contribution in [-0.4, -0.2) is 48.3 Å². The van der Waals surface area contributed by atoms with Crippen molar-refractivity contribution in [3.63, 3.8) is 0 Å². The number of aliphatic hydroxyl groups is 1. The highest BCUT2D eigenvalue weighted by Gasteiger charge is 2.45. The highest BCUT2D eigenvalue weighted by atomic mass is 16.3. The summed E-state index contributed by atoms with van der Waals surface area (Å²) in [4.78, 5) is 13.0. The van der Waals surface area contributed by atoms with Gasteiger partial charge in [-0.3, -0.25) is 4.79 Å². The normalized spacial score (nSPS) is 42.6. The van der Waals surface area contributed by atoms with Gasteiger partial charge in [0.25, 0.3) is 0 Å². The van der Waals surface area contributed by atoms with Crippen molar-refractivity contribution >= 4 is 5.91 Å². The number of hydrogen-bond donors (Lipinski definition) is 4. The zero-order valence-electron chi connectivity index (χ0n) is 15.5. The van der Waals surface area contributed by atoms with E-state index in [1.54, 1.807) is 0 Å². The summed E-state index contributed by atoms with van der Waals surface area (Å²) in [6, 6.07) is 0.989. The molecule has 1 amide bonds. The lowest BCUT2D eigenvalue weighted by Crippen LogP contribution is -2.58. The van der Waals surface area contributed by atoms with Crippen LogP contribution in [0.15, 0.2) is 0 Å².